The second kappa shape index (κ2) is 52.1. The molecule has 2 aliphatic heterocycles. The normalized spacial score (nSPS) is 24.5. The molecule has 12 unspecified atom stereocenters. The van der Waals surface area contributed by atoms with Crippen molar-refractivity contribution in [2.24, 2.45) is 0 Å². The molecule has 0 saturated carbocycles. The van der Waals surface area contributed by atoms with Gasteiger partial charge in [-0.3, -0.25) is 4.79 Å². The molecule has 2 rings (SSSR count). The highest BCUT2D eigenvalue weighted by Gasteiger charge is 2.51. The minimum absolute atomic E-state index is 0.259. The SMILES string of the molecule is CCCCC/C=C\C/C=C\CCCCCCCCCC(=O)NC(COC1OC(CO)C(OC2OC(CO)C(O)C(O)C2O)C(O)C1O)C(O)/C=C/CC/C=C/CC/C=C/CCCCCCCCCCCCCCCCCCCCCC. The first kappa shape index (κ1) is 74.8. The zero-order valence-electron chi connectivity index (χ0n) is 51.0. The molecule has 2 heterocycles. The molecule has 0 aromatic carbocycles. The van der Waals surface area contributed by atoms with Gasteiger partial charge >= 0.3 is 0 Å². The molecule has 0 aromatic rings. The highest BCUT2D eigenvalue weighted by Crippen LogP contribution is 2.30. The molecule has 0 radical (unpaired) electrons. The Bertz CT molecular complexity index is 1590. The van der Waals surface area contributed by atoms with Crippen LogP contribution in [-0.2, 0) is 23.7 Å². The number of carbonyl (C=O) groups is 1. The lowest BCUT2D eigenvalue weighted by Crippen LogP contribution is -2.65. The van der Waals surface area contributed by atoms with Gasteiger partial charge in [-0.2, -0.15) is 0 Å². The van der Waals surface area contributed by atoms with Crippen LogP contribution >= 0.6 is 0 Å². The number of hydrogen-bond donors (Lipinski definition) is 9. The number of allylic oxidation sites excluding steroid dienone is 9. The lowest BCUT2D eigenvalue weighted by molar-refractivity contribution is -0.359. The van der Waals surface area contributed by atoms with Gasteiger partial charge in [-0.05, 0) is 77.0 Å². The Morgan fingerprint density at radius 1 is 0.444 bits per heavy atom. The zero-order valence-corrected chi connectivity index (χ0v) is 51.0. The maximum Gasteiger partial charge on any atom is 0.220 e. The summed E-state index contributed by atoms with van der Waals surface area (Å²) < 4.78 is 22.8. The van der Waals surface area contributed by atoms with E-state index in [2.05, 4.69) is 67.8 Å². The molecule has 0 spiro atoms. The number of ether oxygens (including phenoxy) is 4. The molecule has 0 bridgehead atoms. The van der Waals surface area contributed by atoms with E-state index < -0.39 is 86.8 Å². The van der Waals surface area contributed by atoms with Crippen molar-refractivity contribution < 1.29 is 64.6 Å². The smallest absolute Gasteiger partial charge is 0.220 e. The van der Waals surface area contributed by atoms with Gasteiger partial charge in [-0.25, -0.2) is 0 Å². The number of nitrogens with one attached hydrogen (secondary N) is 1. The molecule has 0 aliphatic carbocycles. The van der Waals surface area contributed by atoms with E-state index in [9.17, 15) is 45.6 Å². The predicted molar refractivity (Wildman–Crippen MR) is 327 cm³/mol. The van der Waals surface area contributed by atoms with Crippen molar-refractivity contribution in [3.05, 3.63) is 60.8 Å². The van der Waals surface area contributed by atoms with Crippen LogP contribution in [-0.4, -0.2) is 140 Å². The Morgan fingerprint density at radius 2 is 0.827 bits per heavy atom. The van der Waals surface area contributed by atoms with Gasteiger partial charge in [0.1, 0.15) is 48.8 Å². The van der Waals surface area contributed by atoms with Crippen LogP contribution in [0.4, 0.5) is 0 Å². The van der Waals surface area contributed by atoms with E-state index in [1.165, 1.54) is 167 Å². The van der Waals surface area contributed by atoms with Gasteiger partial charge in [0.15, 0.2) is 12.6 Å². The van der Waals surface area contributed by atoms with Crippen LogP contribution in [0, 0.1) is 0 Å². The maximum absolute atomic E-state index is 13.3. The van der Waals surface area contributed by atoms with Gasteiger partial charge in [0.05, 0.1) is 32.0 Å². The van der Waals surface area contributed by atoms with Crippen molar-refractivity contribution in [2.45, 2.75) is 338 Å². The fourth-order valence-electron chi connectivity index (χ4n) is 10.6. The minimum atomic E-state index is -1.80. The fraction of sp³-hybridized carbons (Fsp3) is 0.836. The summed E-state index contributed by atoms with van der Waals surface area (Å²) in [5.41, 5.74) is 0. The van der Waals surface area contributed by atoms with Crippen LogP contribution in [0.15, 0.2) is 60.8 Å². The monoisotopic (exact) mass is 1150 g/mol. The van der Waals surface area contributed by atoms with Crippen molar-refractivity contribution >= 4 is 5.91 Å². The van der Waals surface area contributed by atoms with Gasteiger partial charge in [-0.1, -0.05) is 242 Å². The summed E-state index contributed by atoms with van der Waals surface area (Å²) in [5, 5.41) is 87.2. The van der Waals surface area contributed by atoms with Crippen molar-refractivity contribution in [1.29, 1.82) is 0 Å². The van der Waals surface area contributed by atoms with Crippen LogP contribution in [0.25, 0.3) is 0 Å². The van der Waals surface area contributed by atoms with E-state index in [4.69, 9.17) is 18.9 Å². The average Bonchev–Trinajstić information content (AvgIpc) is 3.47. The van der Waals surface area contributed by atoms with E-state index in [0.717, 1.165) is 64.2 Å². The topological polar surface area (TPSA) is 228 Å². The number of rotatable bonds is 53. The second-order valence-corrected chi connectivity index (χ2v) is 23.2. The van der Waals surface area contributed by atoms with Crippen molar-refractivity contribution in [2.75, 3.05) is 19.8 Å². The summed E-state index contributed by atoms with van der Waals surface area (Å²) in [7, 11) is 0. The number of hydrogen-bond acceptors (Lipinski definition) is 13. The Labute approximate surface area is 492 Å². The number of carbonyl (C=O) groups excluding carboxylic acids is 1. The highest BCUT2D eigenvalue weighted by molar-refractivity contribution is 5.76. The molecule has 14 nitrogen and oxygen atoms in total. The third kappa shape index (κ3) is 37.0. The van der Waals surface area contributed by atoms with Gasteiger partial charge in [0.25, 0.3) is 0 Å². The molecule has 12 atom stereocenters. The minimum Gasteiger partial charge on any atom is -0.394 e. The third-order valence-electron chi connectivity index (χ3n) is 15.9. The van der Waals surface area contributed by atoms with E-state index in [-0.39, 0.29) is 18.9 Å². The molecule has 472 valence electrons. The number of unbranched alkanes of at least 4 members (excludes halogenated alkanes) is 32. The molecular weight excluding hydrogens is 1030 g/mol. The zero-order chi connectivity index (χ0) is 58.8. The summed E-state index contributed by atoms with van der Waals surface area (Å²) in [6, 6.07) is -0.945. The predicted octanol–water partition coefficient (Wildman–Crippen LogP) is 12.5. The molecule has 81 heavy (non-hydrogen) atoms. The lowest BCUT2D eigenvalue weighted by atomic mass is 9.97. The van der Waals surface area contributed by atoms with E-state index >= 15 is 0 Å². The Hall–Kier alpha value is -2.31. The Balaban J connectivity index is 1.72. The maximum atomic E-state index is 13.3. The molecule has 9 N–H and O–H groups in total. The highest BCUT2D eigenvalue weighted by atomic mass is 16.7. The first-order valence-corrected chi connectivity index (χ1v) is 33.0. The van der Waals surface area contributed by atoms with Gasteiger partial charge in [-0.15, -0.1) is 0 Å². The van der Waals surface area contributed by atoms with Crippen LogP contribution < -0.4 is 5.32 Å². The Kier molecular flexibility index (Phi) is 48.1. The van der Waals surface area contributed by atoms with Gasteiger partial charge in [0.2, 0.25) is 5.91 Å². The van der Waals surface area contributed by atoms with Crippen LogP contribution in [0.2, 0.25) is 0 Å². The average molecular weight is 1150 g/mol. The summed E-state index contributed by atoms with van der Waals surface area (Å²) in [5.74, 6) is -0.261. The van der Waals surface area contributed by atoms with E-state index in [1.54, 1.807) is 6.08 Å². The van der Waals surface area contributed by atoms with E-state index in [0.29, 0.717) is 12.8 Å². The Morgan fingerprint density at radius 3 is 1.31 bits per heavy atom. The fourth-order valence-corrected chi connectivity index (χ4v) is 10.6. The van der Waals surface area contributed by atoms with Gasteiger partial charge < -0.3 is 65.1 Å². The molecule has 2 fully saturated rings. The number of aliphatic hydroxyl groups excluding tert-OH is 8. The van der Waals surface area contributed by atoms with Gasteiger partial charge in [0, 0.05) is 6.42 Å². The summed E-state index contributed by atoms with van der Waals surface area (Å²) in [4.78, 5) is 13.3. The molecular formula is C67H121NO13. The van der Waals surface area contributed by atoms with E-state index in [1.807, 2.05) is 6.08 Å². The number of amides is 1. The van der Waals surface area contributed by atoms with Crippen molar-refractivity contribution in [3.63, 3.8) is 0 Å². The van der Waals surface area contributed by atoms with Crippen LogP contribution in [0.5, 0.6) is 0 Å². The largest absolute Gasteiger partial charge is 0.394 e. The molecule has 1 amide bonds. The second-order valence-electron chi connectivity index (χ2n) is 23.2. The number of aliphatic hydroxyl groups is 8. The molecule has 2 aliphatic rings. The summed E-state index contributed by atoms with van der Waals surface area (Å²) in [6.45, 7) is 2.76. The standard InChI is InChI=1S/C67H121NO13/c1-3-5-7-9-11-13-15-17-19-21-22-23-24-25-26-27-28-29-30-31-32-33-35-36-38-40-42-44-46-48-50-56(71)55(68-59(72)51-49-47-45-43-41-39-37-34-20-18-16-14-12-10-8-6-4-2)54-78-66-64(77)62(75)65(58(53-70)80-66)81-67-63(76)61(74)60(73)57(52-69)79-67/h12,14,18,20,33,35,40,42,48,50,55-58,60-67,69-71,73-77H,3-11,13,15-17,19,21-32,34,36-39,41,43-47,49,51-54H2,1-2H3,(H,68,72)/b14-12-,20-18-,35-33+,42-40+,50-48+. The first-order valence-electron chi connectivity index (χ1n) is 33.0. The lowest BCUT2D eigenvalue weighted by Gasteiger charge is -2.46. The summed E-state index contributed by atoms with van der Waals surface area (Å²) >= 11 is 0. The summed E-state index contributed by atoms with van der Waals surface area (Å²) in [6.07, 6.45) is 51.4. The first-order chi connectivity index (χ1) is 39.6. The molecule has 0 aromatic heterocycles. The quantitative estimate of drug-likeness (QED) is 0.0204. The van der Waals surface area contributed by atoms with Crippen LogP contribution in [0.3, 0.4) is 0 Å². The van der Waals surface area contributed by atoms with Crippen molar-refractivity contribution in [1.82, 2.24) is 5.32 Å². The molecule has 2 saturated heterocycles. The molecule has 14 heteroatoms. The third-order valence-corrected chi connectivity index (χ3v) is 15.9. The van der Waals surface area contributed by atoms with Crippen molar-refractivity contribution in [3.8, 4) is 0 Å². The van der Waals surface area contributed by atoms with Crippen LogP contribution in [0.1, 0.15) is 264 Å².